The van der Waals surface area contributed by atoms with E-state index in [4.69, 9.17) is 0 Å². The van der Waals surface area contributed by atoms with E-state index in [1.54, 1.807) is 0 Å². The Morgan fingerprint density at radius 1 is 1.38 bits per heavy atom. The number of nitrogens with one attached hydrogen (secondary N) is 1. The van der Waals surface area contributed by atoms with Gasteiger partial charge >= 0.3 is 0 Å². The number of aryl methyl sites for hydroxylation is 1. The summed E-state index contributed by atoms with van der Waals surface area (Å²) in [4.78, 5) is 3.19. The number of H-pyrrole nitrogens is 1. The molecule has 13 heavy (non-hydrogen) atoms. The molecule has 0 aliphatic heterocycles. The van der Waals surface area contributed by atoms with Crippen molar-refractivity contribution in [2.45, 2.75) is 20.0 Å². The SMILES string of the molecule is CCc1c[nH]c2ccc(C[O])cc12. The van der Waals surface area contributed by atoms with E-state index in [0.29, 0.717) is 0 Å². The van der Waals surface area contributed by atoms with Gasteiger partial charge in [0.1, 0.15) is 6.61 Å². The Bertz CT molecular complexity index is 417. The molecule has 1 N–H and O–H groups in total. The molecule has 0 saturated heterocycles. The zero-order valence-corrected chi connectivity index (χ0v) is 7.63. The second kappa shape index (κ2) is 3.23. The summed E-state index contributed by atoms with van der Waals surface area (Å²) in [6, 6.07) is 5.84. The maximum Gasteiger partial charge on any atom is 0.107 e. The van der Waals surface area contributed by atoms with E-state index in [-0.39, 0.29) is 6.61 Å². The van der Waals surface area contributed by atoms with Gasteiger partial charge in [-0.05, 0) is 29.7 Å². The minimum atomic E-state index is -0.135. The molecule has 0 aliphatic carbocycles. The summed E-state index contributed by atoms with van der Waals surface area (Å²) in [5, 5.41) is 11.9. The summed E-state index contributed by atoms with van der Waals surface area (Å²) in [6.45, 7) is 1.98. The van der Waals surface area contributed by atoms with Gasteiger partial charge < -0.3 is 4.98 Å². The Hall–Kier alpha value is -1.28. The molecule has 0 spiro atoms. The van der Waals surface area contributed by atoms with E-state index in [9.17, 15) is 5.11 Å². The van der Waals surface area contributed by atoms with E-state index in [1.165, 1.54) is 10.9 Å². The quantitative estimate of drug-likeness (QED) is 0.726. The average molecular weight is 174 g/mol. The minimum Gasteiger partial charge on any atom is -0.361 e. The largest absolute Gasteiger partial charge is 0.361 e. The normalized spacial score (nSPS) is 10.9. The van der Waals surface area contributed by atoms with Crippen molar-refractivity contribution in [3.8, 4) is 0 Å². The summed E-state index contributed by atoms with van der Waals surface area (Å²) >= 11 is 0. The van der Waals surface area contributed by atoms with Gasteiger partial charge in [0.25, 0.3) is 0 Å². The molecule has 0 atom stereocenters. The predicted molar refractivity (Wildman–Crippen MR) is 52.1 cm³/mol. The number of hydrogen-bond acceptors (Lipinski definition) is 0. The number of aromatic nitrogens is 1. The first-order valence-electron chi connectivity index (χ1n) is 4.52. The first kappa shape index (κ1) is 8.32. The Labute approximate surface area is 77.2 Å². The molecule has 2 aromatic rings. The van der Waals surface area contributed by atoms with Crippen molar-refractivity contribution >= 4 is 10.9 Å². The number of aromatic amines is 1. The molecule has 67 valence electrons. The van der Waals surface area contributed by atoms with Crippen molar-refractivity contribution in [1.82, 2.24) is 4.98 Å². The van der Waals surface area contributed by atoms with Crippen LogP contribution in [0.5, 0.6) is 0 Å². The zero-order valence-electron chi connectivity index (χ0n) is 7.63. The van der Waals surface area contributed by atoms with Crippen LogP contribution < -0.4 is 0 Å². The molecule has 0 bridgehead atoms. The molecule has 0 amide bonds. The second-order valence-corrected chi connectivity index (χ2v) is 3.19. The summed E-state index contributed by atoms with van der Waals surface area (Å²) in [5.41, 5.74) is 3.26. The lowest BCUT2D eigenvalue weighted by Gasteiger charge is -1.96. The van der Waals surface area contributed by atoms with Gasteiger partial charge in [0.15, 0.2) is 0 Å². The van der Waals surface area contributed by atoms with Gasteiger partial charge in [-0.15, -0.1) is 0 Å². The van der Waals surface area contributed by atoms with Gasteiger partial charge in [-0.25, -0.2) is 5.11 Å². The van der Waals surface area contributed by atoms with Crippen LogP contribution in [0.1, 0.15) is 18.1 Å². The van der Waals surface area contributed by atoms with Crippen LogP contribution in [0.25, 0.3) is 10.9 Å². The molecular weight excluding hydrogens is 162 g/mol. The van der Waals surface area contributed by atoms with Crippen molar-refractivity contribution in [3.63, 3.8) is 0 Å². The molecule has 1 heterocycles. The van der Waals surface area contributed by atoms with Crippen molar-refractivity contribution < 1.29 is 5.11 Å². The third-order valence-corrected chi connectivity index (χ3v) is 2.38. The lowest BCUT2D eigenvalue weighted by molar-refractivity contribution is 0.177. The molecule has 2 nitrogen and oxygen atoms in total. The molecule has 1 radical (unpaired) electrons. The number of fused-ring (bicyclic) bond motifs is 1. The molecule has 0 fully saturated rings. The Kier molecular flexibility index (Phi) is 2.07. The van der Waals surface area contributed by atoms with Crippen molar-refractivity contribution in [2.24, 2.45) is 0 Å². The summed E-state index contributed by atoms with van der Waals surface area (Å²) in [5.74, 6) is 0. The van der Waals surface area contributed by atoms with Crippen LogP contribution >= 0.6 is 0 Å². The molecule has 2 rings (SSSR count). The Balaban J connectivity index is 2.64. The topological polar surface area (TPSA) is 35.7 Å². The zero-order chi connectivity index (χ0) is 9.26. The van der Waals surface area contributed by atoms with Gasteiger partial charge in [0.2, 0.25) is 0 Å². The highest BCUT2D eigenvalue weighted by atomic mass is 16.3. The fourth-order valence-corrected chi connectivity index (χ4v) is 1.61. The van der Waals surface area contributed by atoms with Crippen LogP contribution in [0.2, 0.25) is 0 Å². The summed E-state index contributed by atoms with van der Waals surface area (Å²) in [6.07, 6.45) is 3.02. The van der Waals surface area contributed by atoms with Gasteiger partial charge in [-0.1, -0.05) is 13.0 Å². The highest BCUT2D eigenvalue weighted by molar-refractivity contribution is 5.83. The summed E-state index contributed by atoms with van der Waals surface area (Å²) in [7, 11) is 0. The molecule has 0 unspecified atom stereocenters. The number of rotatable bonds is 2. The average Bonchev–Trinajstić information content (AvgIpc) is 2.59. The van der Waals surface area contributed by atoms with Gasteiger partial charge in [0, 0.05) is 17.1 Å². The molecule has 2 heteroatoms. The van der Waals surface area contributed by atoms with Crippen LogP contribution in [0.15, 0.2) is 24.4 Å². The van der Waals surface area contributed by atoms with E-state index in [1.807, 2.05) is 24.4 Å². The first-order chi connectivity index (χ1) is 6.35. The first-order valence-corrected chi connectivity index (χ1v) is 4.52. The molecule has 0 aliphatic rings. The van der Waals surface area contributed by atoms with E-state index in [0.717, 1.165) is 17.5 Å². The van der Waals surface area contributed by atoms with Gasteiger partial charge in [-0.2, -0.15) is 0 Å². The third-order valence-electron chi connectivity index (χ3n) is 2.38. The standard InChI is InChI=1S/C11H12NO/c1-2-9-6-12-11-4-3-8(7-13)5-10(9)11/h3-6,12H,2,7H2,1H3. The van der Waals surface area contributed by atoms with Crippen LogP contribution in [-0.4, -0.2) is 4.98 Å². The fourth-order valence-electron chi connectivity index (χ4n) is 1.61. The predicted octanol–water partition coefficient (Wildman–Crippen LogP) is 2.66. The minimum absolute atomic E-state index is 0.135. The van der Waals surface area contributed by atoms with Crippen molar-refractivity contribution in [2.75, 3.05) is 0 Å². The van der Waals surface area contributed by atoms with Crippen molar-refractivity contribution in [1.29, 1.82) is 0 Å². The maximum atomic E-state index is 10.7. The van der Waals surface area contributed by atoms with Crippen LogP contribution in [0.4, 0.5) is 0 Å². The summed E-state index contributed by atoms with van der Waals surface area (Å²) < 4.78 is 0. The van der Waals surface area contributed by atoms with E-state index < -0.39 is 0 Å². The lowest BCUT2D eigenvalue weighted by atomic mass is 10.1. The molecule has 1 aromatic heterocycles. The second-order valence-electron chi connectivity index (χ2n) is 3.19. The molecule has 0 saturated carbocycles. The van der Waals surface area contributed by atoms with Gasteiger partial charge in [0.05, 0.1) is 0 Å². The highest BCUT2D eigenvalue weighted by Crippen LogP contribution is 2.20. The smallest absolute Gasteiger partial charge is 0.107 e. The van der Waals surface area contributed by atoms with Gasteiger partial charge in [-0.3, -0.25) is 0 Å². The van der Waals surface area contributed by atoms with Crippen LogP contribution in [0, 0.1) is 0 Å². The maximum absolute atomic E-state index is 10.7. The van der Waals surface area contributed by atoms with Crippen LogP contribution in [-0.2, 0) is 18.1 Å². The molecule has 1 aromatic carbocycles. The fraction of sp³-hybridized carbons (Fsp3) is 0.273. The molecular formula is C11H12NO. The van der Waals surface area contributed by atoms with E-state index >= 15 is 0 Å². The highest BCUT2D eigenvalue weighted by Gasteiger charge is 2.02. The number of hydrogen-bond donors (Lipinski definition) is 1. The monoisotopic (exact) mass is 174 g/mol. The Morgan fingerprint density at radius 3 is 2.92 bits per heavy atom. The lowest BCUT2D eigenvalue weighted by Crippen LogP contribution is -1.81. The van der Waals surface area contributed by atoms with Crippen LogP contribution in [0.3, 0.4) is 0 Å². The van der Waals surface area contributed by atoms with Crippen molar-refractivity contribution in [3.05, 3.63) is 35.5 Å². The number of benzene rings is 1. The Morgan fingerprint density at radius 2 is 2.23 bits per heavy atom. The third kappa shape index (κ3) is 1.33. The van der Waals surface area contributed by atoms with E-state index in [2.05, 4.69) is 11.9 Å².